The molecule has 7 nitrogen and oxygen atoms in total. The van der Waals surface area contributed by atoms with Crippen molar-refractivity contribution in [2.75, 3.05) is 10.6 Å². The standard InChI is InChI=1S/C26H28N4O3/c1-17-10-11-20(16-18(17)2)27-26(33)23-12-13-25(32)30(29-23)15-14-24(31)28-22-9-5-7-19-6-3-4-8-21(19)22/h5,7,9-13,16H,3-4,6,8,14-15H2,1-2H3,(H,27,33)(H,28,31). The molecule has 3 aromatic rings. The van der Waals surface area contributed by atoms with Crippen LogP contribution < -0.4 is 16.2 Å². The maximum absolute atomic E-state index is 12.6. The Kier molecular flexibility index (Phi) is 6.68. The maximum atomic E-state index is 12.6. The molecule has 0 spiro atoms. The highest BCUT2D eigenvalue weighted by Crippen LogP contribution is 2.27. The monoisotopic (exact) mass is 444 g/mol. The number of anilines is 2. The van der Waals surface area contributed by atoms with Crippen molar-refractivity contribution < 1.29 is 9.59 Å². The topological polar surface area (TPSA) is 93.1 Å². The lowest BCUT2D eigenvalue weighted by Gasteiger charge is -2.19. The van der Waals surface area contributed by atoms with Gasteiger partial charge in [0.25, 0.3) is 11.5 Å². The van der Waals surface area contributed by atoms with Gasteiger partial charge in [-0.3, -0.25) is 14.4 Å². The number of nitrogens with one attached hydrogen (secondary N) is 2. The Morgan fingerprint density at radius 2 is 1.79 bits per heavy atom. The predicted molar refractivity (Wildman–Crippen MR) is 129 cm³/mol. The zero-order valence-electron chi connectivity index (χ0n) is 19.0. The molecule has 33 heavy (non-hydrogen) atoms. The van der Waals surface area contributed by atoms with E-state index in [1.54, 1.807) is 0 Å². The van der Waals surface area contributed by atoms with Crippen molar-refractivity contribution in [3.63, 3.8) is 0 Å². The highest BCUT2D eigenvalue weighted by atomic mass is 16.2. The van der Waals surface area contributed by atoms with Gasteiger partial charge in [-0.25, -0.2) is 4.68 Å². The lowest BCUT2D eigenvalue weighted by Crippen LogP contribution is -2.28. The SMILES string of the molecule is Cc1ccc(NC(=O)c2ccc(=O)n(CCC(=O)Nc3cccc4c3CCCC4)n2)cc1C. The zero-order valence-corrected chi connectivity index (χ0v) is 19.0. The Morgan fingerprint density at radius 3 is 2.61 bits per heavy atom. The van der Waals surface area contributed by atoms with Crippen molar-refractivity contribution in [3.8, 4) is 0 Å². The molecule has 0 radical (unpaired) electrons. The van der Waals surface area contributed by atoms with Crippen molar-refractivity contribution in [3.05, 3.63) is 86.8 Å². The first-order valence-corrected chi connectivity index (χ1v) is 11.3. The van der Waals surface area contributed by atoms with E-state index in [0.29, 0.717) is 5.69 Å². The second kappa shape index (κ2) is 9.81. The van der Waals surface area contributed by atoms with E-state index in [1.807, 2.05) is 44.2 Å². The summed E-state index contributed by atoms with van der Waals surface area (Å²) in [7, 11) is 0. The minimum Gasteiger partial charge on any atom is -0.326 e. The van der Waals surface area contributed by atoms with Crippen LogP contribution in [0.25, 0.3) is 0 Å². The van der Waals surface area contributed by atoms with Gasteiger partial charge in [0, 0.05) is 23.9 Å². The molecule has 170 valence electrons. The highest BCUT2D eigenvalue weighted by Gasteiger charge is 2.15. The van der Waals surface area contributed by atoms with Crippen LogP contribution in [0, 0.1) is 13.8 Å². The number of nitrogens with zero attached hydrogens (tertiary/aromatic N) is 2. The number of amides is 2. The highest BCUT2D eigenvalue weighted by molar-refractivity contribution is 6.02. The van der Waals surface area contributed by atoms with E-state index < -0.39 is 5.91 Å². The molecule has 0 unspecified atom stereocenters. The van der Waals surface area contributed by atoms with Gasteiger partial charge < -0.3 is 10.6 Å². The van der Waals surface area contributed by atoms with Gasteiger partial charge >= 0.3 is 0 Å². The summed E-state index contributed by atoms with van der Waals surface area (Å²) in [5.41, 5.74) is 5.96. The van der Waals surface area contributed by atoms with Crippen LogP contribution in [0.5, 0.6) is 0 Å². The van der Waals surface area contributed by atoms with Crippen LogP contribution in [0.15, 0.2) is 53.3 Å². The Labute approximate surface area is 192 Å². The molecule has 1 aliphatic carbocycles. The van der Waals surface area contributed by atoms with Gasteiger partial charge in [-0.05, 0) is 86.1 Å². The number of carbonyl (C=O) groups is 2. The van der Waals surface area contributed by atoms with Crippen molar-refractivity contribution in [2.24, 2.45) is 0 Å². The number of hydrogen-bond acceptors (Lipinski definition) is 4. The number of rotatable bonds is 6. The van der Waals surface area contributed by atoms with Crippen molar-refractivity contribution in [2.45, 2.75) is 52.5 Å². The number of carbonyl (C=O) groups excluding carboxylic acids is 2. The molecule has 0 fully saturated rings. The van der Waals surface area contributed by atoms with Gasteiger partial charge in [0.2, 0.25) is 5.91 Å². The summed E-state index contributed by atoms with van der Waals surface area (Å²) in [6.45, 7) is 4.06. The molecule has 0 saturated heterocycles. The number of fused-ring (bicyclic) bond motifs is 1. The predicted octanol–water partition coefficient (Wildman–Crippen LogP) is 4.02. The summed E-state index contributed by atoms with van der Waals surface area (Å²) in [6, 6.07) is 14.3. The minimum atomic E-state index is -0.410. The summed E-state index contributed by atoms with van der Waals surface area (Å²) in [6.07, 6.45) is 4.38. The smallest absolute Gasteiger partial charge is 0.276 e. The van der Waals surface area contributed by atoms with Gasteiger partial charge in [0.15, 0.2) is 0 Å². The molecule has 2 amide bonds. The average Bonchev–Trinajstić information content (AvgIpc) is 2.81. The van der Waals surface area contributed by atoms with Gasteiger partial charge in [0.05, 0.1) is 6.54 Å². The van der Waals surface area contributed by atoms with Gasteiger partial charge in [-0.1, -0.05) is 18.2 Å². The molecule has 2 N–H and O–H groups in total. The third-order valence-electron chi connectivity index (χ3n) is 6.08. The second-order valence-corrected chi connectivity index (χ2v) is 8.48. The van der Waals surface area contributed by atoms with Crippen LogP contribution in [0.2, 0.25) is 0 Å². The van der Waals surface area contributed by atoms with E-state index in [-0.39, 0.29) is 30.1 Å². The van der Waals surface area contributed by atoms with E-state index in [9.17, 15) is 14.4 Å². The van der Waals surface area contributed by atoms with Crippen LogP contribution in [-0.4, -0.2) is 21.6 Å². The van der Waals surface area contributed by atoms with Crippen molar-refractivity contribution >= 4 is 23.2 Å². The van der Waals surface area contributed by atoms with Crippen LogP contribution in [0.3, 0.4) is 0 Å². The minimum absolute atomic E-state index is 0.0821. The Bertz CT molecular complexity index is 1260. The quantitative estimate of drug-likeness (QED) is 0.601. The molecular formula is C26H28N4O3. The lowest BCUT2D eigenvalue weighted by molar-refractivity contribution is -0.116. The third kappa shape index (κ3) is 5.37. The molecule has 0 atom stereocenters. The van der Waals surface area contributed by atoms with Gasteiger partial charge in [-0.15, -0.1) is 0 Å². The van der Waals surface area contributed by atoms with Crippen LogP contribution in [-0.2, 0) is 24.2 Å². The fourth-order valence-electron chi connectivity index (χ4n) is 4.06. The normalized spacial score (nSPS) is 12.7. The zero-order chi connectivity index (χ0) is 23.4. The third-order valence-corrected chi connectivity index (χ3v) is 6.08. The van der Waals surface area contributed by atoms with Crippen LogP contribution in [0.1, 0.15) is 52.0 Å². The molecule has 0 aliphatic heterocycles. The molecule has 2 aromatic carbocycles. The largest absolute Gasteiger partial charge is 0.326 e. The molecule has 1 aromatic heterocycles. The first-order chi connectivity index (χ1) is 15.9. The van der Waals surface area contributed by atoms with Crippen LogP contribution >= 0.6 is 0 Å². The van der Waals surface area contributed by atoms with Crippen LogP contribution in [0.4, 0.5) is 11.4 Å². The first-order valence-electron chi connectivity index (χ1n) is 11.3. The number of hydrogen-bond donors (Lipinski definition) is 2. The second-order valence-electron chi connectivity index (χ2n) is 8.48. The Morgan fingerprint density at radius 1 is 0.970 bits per heavy atom. The Balaban J connectivity index is 1.41. The lowest BCUT2D eigenvalue weighted by atomic mass is 9.90. The van der Waals surface area contributed by atoms with E-state index in [1.165, 1.54) is 29.7 Å². The van der Waals surface area contributed by atoms with E-state index in [0.717, 1.165) is 40.8 Å². The number of aryl methyl sites for hydroxylation is 4. The summed E-state index contributed by atoms with van der Waals surface area (Å²) >= 11 is 0. The molecule has 4 rings (SSSR count). The van der Waals surface area contributed by atoms with E-state index in [4.69, 9.17) is 0 Å². The molecule has 0 saturated carbocycles. The van der Waals surface area contributed by atoms with Crippen molar-refractivity contribution in [1.82, 2.24) is 9.78 Å². The number of aromatic nitrogens is 2. The number of benzene rings is 2. The first kappa shape index (κ1) is 22.5. The summed E-state index contributed by atoms with van der Waals surface area (Å²) in [5.74, 6) is -0.597. The van der Waals surface area contributed by atoms with Gasteiger partial charge in [0.1, 0.15) is 5.69 Å². The summed E-state index contributed by atoms with van der Waals surface area (Å²) in [4.78, 5) is 37.4. The van der Waals surface area contributed by atoms with Gasteiger partial charge in [-0.2, -0.15) is 5.10 Å². The summed E-state index contributed by atoms with van der Waals surface area (Å²) < 4.78 is 1.16. The fraction of sp³-hybridized carbons (Fsp3) is 0.308. The molecule has 1 aliphatic rings. The fourth-order valence-corrected chi connectivity index (χ4v) is 4.06. The van der Waals surface area contributed by atoms with E-state index >= 15 is 0 Å². The van der Waals surface area contributed by atoms with Crippen molar-refractivity contribution in [1.29, 1.82) is 0 Å². The summed E-state index contributed by atoms with van der Waals surface area (Å²) in [5, 5.41) is 9.95. The molecule has 0 bridgehead atoms. The maximum Gasteiger partial charge on any atom is 0.276 e. The molecule has 7 heteroatoms. The molecular weight excluding hydrogens is 416 g/mol. The Hall–Kier alpha value is -3.74. The molecule has 1 heterocycles. The average molecular weight is 445 g/mol. The van der Waals surface area contributed by atoms with E-state index in [2.05, 4.69) is 21.8 Å².